The fraction of sp³-hybridized carbons (Fsp3) is 0.556. The van der Waals surface area contributed by atoms with Gasteiger partial charge in [0.2, 0.25) is 0 Å². The summed E-state index contributed by atoms with van der Waals surface area (Å²) in [5.74, 6) is 2.49. The second-order valence-corrected chi connectivity index (χ2v) is 7.00. The number of imidazole rings is 1. The zero-order valence-electron chi connectivity index (χ0n) is 13.5. The van der Waals surface area contributed by atoms with Gasteiger partial charge in [-0.1, -0.05) is 6.42 Å². The van der Waals surface area contributed by atoms with Crippen molar-refractivity contribution >= 4 is 5.69 Å². The highest BCUT2D eigenvalue weighted by Crippen LogP contribution is 2.40. The third-order valence-electron chi connectivity index (χ3n) is 5.52. The molecule has 2 aliphatic rings. The van der Waals surface area contributed by atoms with Crippen molar-refractivity contribution in [1.29, 1.82) is 0 Å². The smallest absolute Gasteiger partial charge is 0.0922 e. The summed E-state index contributed by atoms with van der Waals surface area (Å²) in [4.78, 5) is 14.1. The molecule has 4 rings (SSSR count). The molecular formula is C18H25N5. The number of nitrogens with zero attached hydrogens (tertiary/aromatic N) is 3. The number of hydrogen-bond acceptors (Lipinski definition) is 4. The van der Waals surface area contributed by atoms with Gasteiger partial charge in [0.05, 0.1) is 6.33 Å². The maximum Gasteiger partial charge on any atom is 0.0922 e. The zero-order chi connectivity index (χ0) is 15.5. The van der Waals surface area contributed by atoms with Crippen LogP contribution in [0.1, 0.15) is 25.0 Å². The molecule has 0 bridgehead atoms. The highest BCUT2D eigenvalue weighted by Gasteiger charge is 2.39. The Labute approximate surface area is 137 Å². The van der Waals surface area contributed by atoms with E-state index >= 15 is 0 Å². The Balaban J connectivity index is 1.35. The molecule has 5 heteroatoms. The van der Waals surface area contributed by atoms with E-state index in [-0.39, 0.29) is 0 Å². The normalized spacial score (nSPS) is 27.7. The van der Waals surface area contributed by atoms with Crippen molar-refractivity contribution in [1.82, 2.24) is 19.9 Å². The maximum atomic E-state index is 4.14. The van der Waals surface area contributed by atoms with E-state index in [4.69, 9.17) is 0 Å². The second-order valence-electron chi connectivity index (χ2n) is 7.00. The molecule has 122 valence electrons. The molecule has 0 unspecified atom stereocenters. The molecular weight excluding hydrogens is 286 g/mol. The molecule has 0 radical (unpaired) electrons. The van der Waals surface area contributed by atoms with E-state index in [0.29, 0.717) is 0 Å². The lowest BCUT2D eigenvalue weighted by atomic mass is 9.74. The summed E-state index contributed by atoms with van der Waals surface area (Å²) in [5, 5.41) is 3.61. The van der Waals surface area contributed by atoms with E-state index in [9.17, 15) is 0 Å². The van der Waals surface area contributed by atoms with Gasteiger partial charge in [-0.15, -0.1) is 0 Å². The molecule has 2 fully saturated rings. The number of aromatic amines is 1. The highest BCUT2D eigenvalue weighted by atomic mass is 15.2. The third-order valence-corrected chi connectivity index (χ3v) is 5.52. The molecule has 1 aliphatic heterocycles. The van der Waals surface area contributed by atoms with Crippen LogP contribution in [0.15, 0.2) is 37.1 Å². The standard InChI is InChI=1S/C18H25N5/c1-2-14(8-21-16-4-6-19-7-5-16)18-12-23(10-15(18)3-1)11-17-9-20-13-22-17/h4-7,9,13-15,18H,1-3,8,10-12H2,(H,19,21)(H,20,22)/t14-,15+,18+/m0/s1. The van der Waals surface area contributed by atoms with E-state index in [1.54, 1.807) is 6.33 Å². The third kappa shape index (κ3) is 3.39. The Morgan fingerprint density at radius 2 is 2.09 bits per heavy atom. The van der Waals surface area contributed by atoms with Crippen LogP contribution in [0.25, 0.3) is 0 Å². The first-order valence-electron chi connectivity index (χ1n) is 8.72. The Bertz CT molecular complexity index is 597. The van der Waals surface area contributed by atoms with Crippen molar-refractivity contribution in [2.45, 2.75) is 25.8 Å². The first-order chi connectivity index (χ1) is 11.4. The lowest BCUT2D eigenvalue weighted by Crippen LogP contribution is -2.32. The second kappa shape index (κ2) is 6.71. The van der Waals surface area contributed by atoms with Gasteiger partial charge >= 0.3 is 0 Å². The van der Waals surface area contributed by atoms with Crippen LogP contribution in [0.3, 0.4) is 0 Å². The summed E-state index contributed by atoms with van der Waals surface area (Å²) in [6, 6.07) is 4.11. The zero-order valence-corrected chi connectivity index (χ0v) is 13.5. The van der Waals surface area contributed by atoms with Gasteiger partial charge < -0.3 is 10.3 Å². The summed E-state index contributed by atoms with van der Waals surface area (Å²) >= 11 is 0. The minimum atomic E-state index is 0.786. The van der Waals surface area contributed by atoms with Gasteiger partial charge in [0.25, 0.3) is 0 Å². The fourth-order valence-electron chi connectivity index (χ4n) is 4.40. The van der Waals surface area contributed by atoms with Crippen molar-refractivity contribution in [2.24, 2.45) is 17.8 Å². The number of likely N-dealkylation sites (tertiary alicyclic amines) is 1. The monoisotopic (exact) mass is 311 g/mol. The summed E-state index contributed by atoms with van der Waals surface area (Å²) in [6.07, 6.45) is 11.6. The number of nitrogens with one attached hydrogen (secondary N) is 2. The predicted octanol–water partition coefficient (Wildman–Crippen LogP) is 2.76. The van der Waals surface area contributed by atoms with Crippen molar-refractivity contribution in [3.05, 3.63) is 42.7 Å². The Morgan fingerprint density at radius 3 is 2.91 bits per heavy atom. The average molecular weight is 311 g/mol. The molecule has 0 aromatic carbocycles. The van der Waals surface area contributed by atoms with Crippen molar-refractivity contribution < 1.29 is 0 Å². The molecule has 3 atom stereocenters. The molecule has 3 heterocycles. The molecule has 1 saturated carbocycles. The largest absolute Gasteiger partial charge is 0.385 e. The van der Waals surface area contributed by atoms with Gasteiger partial charge in [0, 0.05) is 56.2 Å². The molecule has 1 aliphatic carbocycles. The van der Waals surface area contributed by atoms with Crippen LogP contribution >= 0.6 is 0 Å². The highest BCUT2D eigenvalue weighted by molar-refractivity contribution is 5.40. The Hall–Kier alpha value is -1.88. The van der Waals surface area contributed by atoms with Crippen molar-refractivity contribution in [3.8, 4) is 0 Å². The SMILES string of the molecule is c1cc(NC[C@@H]2CCC[C@@H]3CN(Cc4cnc[nH]4)C[C@@H]32)ccn1. The molecule has 5 nitrogen and oxygen atoms in total. The molecule has 0 amide bonds. The predicted molar refractivity (Wildman–Crippen MR) is 90.9 cm³/mol. The number of H-pyrrole nitrogens is 1. The average Bonchev–Trinajstić information content (AvgIpc) is 3.23. The van der Waals surface area contributed by atoms with Gasteiger partial charge in [-0.05, 0) is 42.7 Å². The van der Waals surface area contributed by atoms with Gasteiger partial charge in [-0.25, -0.2) is 4.98 Å². The summed E-state index contributed by atoms with van der Waals surface area (Å²) in [6.45, 7) is 4.57. The molecule has 23 heavy (non-hydrogen) atoms. The molecule has 2 aromatic rings. The van der Waals surface area contributed by atoms with E-state index in [1.807, 2.05) is 18.6 Å². The quantitative estimate of drug-likeness (QED) is 0.891. The van der Waals surface area contributed by atoms with Gasteiger partial charge in [-0.2, -0.15) is 0 Å². The minimum Gasteiger partial charge on any atom is -0.385 e. The van der Waals surface area contributed by atoms with Crippen LogP contribution in [-0.2, 0) is 6.54 Å². The Kier molecular flexibility index (Phi) is 4.28. The number of aromatic nitrogens is 3. The number of fused-ring (bicyclic) bond motifs is 1. The van der Waals surface area contributed by atoms with Gasteiger partial charge in [0.15, 0.2) is 0 Å². The fourth-order valence-corrected chi connectivity index (χ4v) is 4.40. The van der Waals surface area contributed by atoms with Gasteiger partial charge in [-0.3, -0.25) is 9.88 Å². The van der Waals surface area contributed by atoms with Crippen LogP contribution in [0, 0.1) is 17.8 Å². The van der Waals surface area contributed by atoms with E-state index in [1.165, 1.54) is 43.7 Å². The number of hydrogen-bond donors (Lipinski definition) is 2. The lowest BCUT2D eigenvalue weighted by Gasteiger charge is -2.33. The lowest BCUT2D eigenvalue weighted by molar-refractivity contribution is 0.207. The van der Waals surface area contributed by atoms with Crippen molar-refractivity contribution in [2.75, 3.05) is 25.0 Å². The van der Waals surface area contributed by atoms with Crippen LogP contribution in [0.2, 0.25) is 0 Å². The Morgan fingerprint density at radius 1 is 1.17 bits per heavy atom. The summed E-state index contributed by atoms with van der Waals surface area (Å²) < 4.78 is 0. The summed E-state index contributed by atoms with van der Waals surface area (Å²) in [5.41, 5.74) is 2.42. The van der Waals surface area contributed by atoms with E-state index in [2.05, 4.69) is 37.3 Å². The van der Waals surface area contributed by atoms with Crippen LogP contribution in [-0.4, -0.2) is 39.5 Å². The van der Waals surface area contributed by atoms with Gasteiger partial charge in [0.1, 0.15) is 0 Å². The molecule has 2 N–H and O–H groups in total. The first kappa shape index (κ1) is 14.7. The minimum absolute atomic E-state index is 0.786. The molecule has 0 spiro atoms. The number of rotatable bonds is 5. The van der Waals surface area contributed by atoms with E-state index in [0.717, 1.165) is 30.8 Å². The van der Waals surface area contributed by atoms with E-state index < -0.39 is 0 Å². The maximum absolute atomic E-state index is 4.14. The first-order valence-corrected chi connectivity index (χ1v) is 8.72. The summed E-state index contributed by atoms with van der Waals surface area (Å²) in [7, 11) is 0. The van der Waals surface area contributed by atoms with Crippen LogP contribution in [0.5, 0.6) is 0 Å². The molecule has 2 aromatic heterocycles. The topological polar surface area (TPSA) is 56.8 Å². The van der Waals surface area contributed by atoms with Crippen LogP contribution < -0.4 is 5.32 Å². The number of anilines is 1. The molecule has 1 saturated heterocycles. The van der Waals surface area contributed by atoms with Crippen molar-refractivity contribution in [3.63, 3.8) is 0 Å². The van der Waals surface area contributed by atoms with Crippen LogP contribution in [0.4, 0.5) is 5.69 Å². The number of pyridine rings is 1.